The molecule has 0 bridgehead atoms. The second kappa shape index (κ2) is 12.2. The van der Waals surface area contributed by atoms with Crippen LogP contribution in [0.25, 0.3) is 0 Å². The van der Waals surface area contributed by atoms with Crippen molar-refractivity contribution in [3.8, 4) is 5.88 Å². The van der Waals surface area contributed by atoms with Crippen LogP contribution in [-0.2, 0) is 4.79 Å². The maximum Gasteiger partial charge on any atom is 0.243 e. The van der Waals surface area contributed by atoms with E-state index in [1.165, 1.54) is 0 Å². The van der Waals surface area contributed by atoms with Crippen LogP contribution in [0.15, 0.2) is 15.7 Å². The van der Waals surface area contributed by atoms with Crippen molar-refractivity contribution in [2.24, 2.45) is 4.99 Å². The molecule has 28 heavy (non-hydrogen) atoms. The van der Waals surface area contributed by atoms with Crippen LogP contribution >= 0.6 is 39.9 Å². The summed E-state index contributed by atoms with van der Waals surface area (Å²) >= 11 is 3.37. The summed E-state index contributed by atoms with van der Waals surface area (Å²) in [6.07, 6.45) is 2.70. The van der Waals surface area contributed by atoms with E-state index >= 15 is 0 Å². The van der Waals surface area contributed by atoms with E-state index in [0.717, 1.165) is 49.6 Å². The average molecular weight is 570 g/mol. The highest BCUT2D eigenvalue weighted by Gasteiger charge is 2.22. The van der Waals surface area contributed by atoms with Gasteiger partial charge in [-0.3, -0.25) is 4.79 Å². The molecular weight excluding hydrogens is 541 g/mol. The second-order valence-electron chi connectivity index (χ2n) is 6.36. The van der Waals surface area contributed by atoms with Gasteiger partial charge < -0.3 is 24.8 Å². The minimum atomic E-state index is -0.0141. The number of hydrogen-bond acceptors (Lipinski definition) is 6. The van der Waals surface area contributed by atoms with Crippen LogP contribution in [0.3, 0.4) is 0 Å². The number of amides is 1. The van der Waals surface area contributed by atoms with E-state index in [1.807, 2.05) is 0 Å². The molecule has 0 aliphatic carbocycles. The van der Waals surface area contributed by atoms with Crippen molar-refractivity contribution < 1.29 is 9.53 Å². The molecule has 1 aromatic heterocycles. The Labute approximate surface area is 192 Å². The van der Waals surface area contributed by atoms with Crippen molar-refractivity contribution in [2.75, 3.05) is 65.4 Å². The Bertz CT molecular complexity index is 667. The van der Waals surface area contributed by atoms with Gasteiger partial charge in [0.05, 0.1) is 17.8 Å². The van der Waals surface area contributed by atoms with E-state index < -0.39 is 0 Å². The predicted octanol–water partition coefficient (Wildman–Crippen LogP) is 1.43. The van der Waals surface area contributed by atoms with Crippen molar-refractivity contribution in [1.82, 2.24) is 25.1 Å². The van der Waals surface area contributed by atoms with E-state index in [-0.39, 0.29) is 36.4 Å². The summed E-state index contributed by atoms with van der Waals surface area (Å²) in [4.78, 5) is 31.0. The van der Waals surface area contributed by atoms with Crippen molar-refractivity contribution >= 4 is 57.7 Å². The highest BCUT2D eigenvalue weighted by molar-refractivity contribution is 14.0. The topological polar surface area (TPSA) is 86.2 Å². The zero-order chi connectivity index (χ0) is 19.8. The van der Waals surface area contributed by atoms with Crippen LogP contribution in [0, 0.1) is 0 Å². The number of likely N-dealkylation sites (N-methyl/N-ethyl adjacent to an activating group) is 1. The number of aliphatic imine (C=N–C) groups is 1. The number of halogens is 2. The molecule has 1 aliphatic heterocycles. The van der Waals surface area contributed by atoms with Crippen LogP contribution in [0.5, 0.6) is 5.88 Å². The summed E-state index contributed by atoms with van der Waals surface area (Å²) in [7, 11) is 5.07. The maximum atomic E-state index is 11.9. The summed E-state index contributed by atoms with van der Waals surface area (Å²) in [6.45, 7) is 6.14. The Morgan fingerprint density at radius 3 is 2.61 bits per heavy atom. The number of carbonyl (C=O) groups is 1. The second-order valence-corrected chi connectivity index (χ2v) is 7.21. The van der Waals surface area contributed by atoms with E-state index in [1.54, 1.807) is 32.3 Å². The molecule has 9 nitrogen and oxygen atoms in total. The number of nitrogens with one attached hydrogen (secondary N) is 1. The minimum absolute atomic E-state index is 0. The molecule has 1 aromatic rings. The van der Waals surface area contributed by atoms with Crippen LogP contribution in [0.2, 0.25) is 0 Å². The van der Waals surface area contributed by atoms with Crippen LogP contribution in [0.4, 0.5) is 5.95 Å². The fourth-order valence-corrected chi connectivity index (χ4v) is 2.90. The molecular formula is C17H29BrIN7O2. The molecule has 0 radical (unpaired) electrons. The molecule has 1 amide bonds. The van der Waals surface area contributed by atoms with Crippen molar-refractivity contribution in [3.05, 3.63) is 10.7 Å². The first-order chi connectivity index (χ1) is 13.0. The third kappa shape index (κ3) is 6.90. The maximum absolute atomic E-state index is 11.9. The van der Waals surface area contributed by atoms with Gasteiger partial charge in [-0.05, 0) is 22.4 Å². The Balaban J connectivity index is 0.00000392. The van der Waals surface area contributed by atoms with Crippen LogP contribution in [-0.4, -0.2) is 92.1 Å². The largest absolute Gasteiger partial charge is 0.480 e. The van der Waals surface area contributed by atoms with Crippen LogP contribution < -0.4 is 15.0 Å². The van der Waals surface area contributed by atoms with Gasteiger partial charge in [-0.25, -0.2) is 9.98 Å². The van der Waals surface area contributed by atoms with Crippen molar-refractivity contribution in [2.45, 2.75) is 13.3 Å². The van der Waals surface area contributed by atoms with Gasteiger partial charge in [0, 0.05) is 46.8 Å². The number of rotatable bonds is 6. The van der Waals surface area contributed by atoms with Gasteiger partial charge in [0.1, 0.15) is 6.54 Å². The summed E-state index contributed by atoms with van der Waals surface area (Å²) < 4.78 is 5.99. The van der Waals surface area contributed by atoms with Gasteiger partial charge in [0.15, 0.2) is 5.96 Å². The zero-order valence-corrected chi connectivity index (χ0v) is 20.7. The Kier molecular flexibility index (Phi) is 10.8. The molecule has 0 aromatic carbocycles. The lowest BCUT2D eigenvalue weighted by molar-refractivity contribution is -0.127. The highest BCUT2D eigenvalue weighted by atomic mass is 127. The standard InChI is InChI=1S/C17H28BrN7O2.HI/c1-5-6-19-16(21-12-14(26)23(2)3)24-7-9-25(10-8-24)17-20-11-13(18)15(22-17)27-4;/h11H,5-10,12H2,1-4H3,(H,19,21);1H. The number of methoxy groups -OCH3 is 1. The van der Waals surface area contributed by atoms with Gasteiger partial charge in [-0.15, -0.1) is 24.0 Å². The summed E-state index contributed by atoms with van der Waals surface area (Å²) in [5.74, 6) is 1.94. The molecule has 0 atom stereocenters. The van der Waals surface area contributed by atoms with Crippen molar-refractivity contribution in [1.29, 1.82) is 0 Å². The van der Waals surface area contributed by atoms with E-state index in [2.05, 4.69) is 52.9 Å². The molecule has 2 heterocycles. The number of aromatic nitrogens is 2. The molecule has 1 fully saturated rings. The first kappa shape index (κ1) is 24.7. The number of guanidine groups is 1. The SMILES string of the molecule is CCCNC(=NCC(=O)N(C)C)N1CCN(c2ncc(Br)c(OC)n2)CC1.I. The first-order valence-electron chi connectivity index (χ1n) is 9.01. The van der Waals surface area contributed by atoms with Gasteiger partial charge in [0.2, 0.25) is 17.7 Å². The molecule has 11 heteroatoms. The number of carbonyl (C=O) groups excluding carboxylic acids is 1. The number of ether oxygens (including phenoxy) is 1. The predicted molar refractivity (Wildman–Crippen MR) is 125 cm³/mol. The van der Waals surface area contributed by atoms with Gasteiger partial charge >= 0.3 is 0 Å². The van der Waals surface area contributed by atoms with Gasteiger partial charge in [0.25, 0.3) is 0 Å². The fraction of sp³-hybridized carbons (Fsp3) is 0.647. The number of nitrogens with zero attached hydrogens (tertiary/aromatic N) is 6. The molecule has 158 valence electrons. The Morgan fingerprint density at radius 2 is 2.04 bits per heavy atom. The molecule has 1 saturated heterocycles. The third-order valence-corrected chi connectivity index (χ3v) is 4.69. The van der Waals surface area contributed by atoms with Gasteiger partial charge in [-0.1, -0.05) is 6.92 Å². The highest BCUT2D eigenvalue weighted by Crippen LogP contribution is 2.23. The minimum Gasteiger partial charge on any atom is -0.480 e. The van der Waals surface area contributed by atoms with Gasteiger partial charge in [-0.2, -0.15) is 4.98 Å². The fourth-order valence-electron chi connectivity index (χ4n) is 2.54. The van der Waals surface area contributed by atoms with Crippen LogP contribution in [0.1, 0.15) is 13.3 Å². The Hall–Kier alpha value is -1.37. The van der Waals surface area contributed by atoms with Crippen molar-refractivity contribution in [3.63, 3.8) is 0 Å². The normalized spacial score (nSPS) is 14.4. The monoisotopic (exact) mass is 569 g/mol. The third-order valence-electron chi connectivity index (χ3n) is 4.15. The lowest BCUT2D eigenvalue weighted by Gasteiger charge is -2.36. The summed E-state index contributed by atoms with van der Waals surface area (Å²) in [6, 6.07) is 0. The number of anilines is 1. The lowest BCUT2D eigenvalue weighted by Crippen LogP contribution is -2.53. The average Bonchev–Trinajstić information content (AvgIpc) is 2.68. The molecule has 0 spiro atoms. The first-order valence-corrected chi connectivity index (χ1v) is 9.80. The summed E-state index contributed by atoms with van der Waals surface area (Å²) in [5.41, 5.74) is 0. The smallest absolute Gasteiger partial charge is 0.243 e. The molecule has 0 saturated carbocycles. The summed E-state index contributed by atoms with van der Waals surface area (Å²) in [5, 5.41) is 3.34. The van der Waals surface area contributed by atoms with E-state index in [9.17, 15) is 4.79 Å². The zero-order valence-electron chi connectivity index (χ0n) is 16.8. The quantitative estimate of drug-likeness (QED) is 0.315. The molecule has 2 rings (SSSR count). The Morgan fingerprint density at radius 1 is 1.36 bits per heavy atom. The molecule has 1 N–H and O–H groups in total. The lowest BCUT2D eigenvalue weighted by atomic mass is 10.3. The number of piperazine rings is 1. The molecule has 0 unspecified atom stereocenters. The number of hydrogen-bond donors (Lipinski definition) is 1. The molecule has 1 aliphatic rings. The van der Waals surface area contributed by atoms with E-state index in [4.69, 9.17) is 4.74 Å². The van der Waals surface area contributed by atoms with E-state index in [0.29, 0.717) is 11.8 Å².